The topological polar surface area (TPSA) is 90.4 Å². The van der Waals surface area contributed by atoms with Crippen molar-refractivity contribution in [2.75, 3.05) is 45.7 Å². The van der Waals surface area contributed by atoms with Crippen molar-refractivity contribution in [1.82, 2.24) is 9.80 Å². The fourth-order valence-corrected chi connectivity index (χ4v) is 4.92. The second-order valence-electron chi connectivity index (χ2n) is 8.67. The molecule has 2 heterocycles. The lowest BCUT2D eigenvalue weighted by Crippen LogP contribution is -2.52. The van der Waals surface area contributed by atoms with Gasteiger partial charge < -0.3 is 24.5 Å². The van der Waals surface area contributed by atoms with Crippen molar-refractivity contribution in [3.8, 4) is 5.75 Å². The van der Waals surface area contributed by atoms with Gasteiger partial charge in [-0.1, -0.05) is 18.2 Å². The minimum Gasteiger partial charge on any atom is -0.507 e. The van der Waals surface area contributed by atoms with E-state index in [1.807, 2.05) is 32.0 Å². The van der Waals surface area contributed by atoms with Crippen molar-refractivity contribution in [1.29, 1.82) is 0 Å². The minimum atomic E-state index is -1.71. The largest absolute Gasteiger partial charge is 0.507 e. The fraction of sp³-hybridized carbons (Fsp3) is 0.346. The quantitative estimate of drug-likeness (QED) is 0.386. The molecule has 2 aromatic rings. The first-order valence-electron chi connectivity index (χ1n) is 11.3. The van der Waals surface area contributed by atoms with E-state index in [0.717, 1.165) is 0 Å². The number of anilines is 1. The number of nitrogens with zero attached hydrogens (tertiary/aromatic N) is 3. The number of Topliss-reactive ketones (excluding diaryl/α,β-unsaturated/α-hetero) is 1. The van der Waals surface area contributed by atoms with Crippen molar-refractivity contribution in [3.63, 3.8) is 0 Å². The highest BCUT2D eigenvalue weighted by Gasteiger charge is 2.66. The highest BCUT2D eigenvalue weighted by Crippen LogP contribution is 2.53. The molecule has 0 radical (unpaired) electrons. The third-order valence-electron chi connectivity index (χ3n) is 6.48. The molecule has 0 aliphatic carbocycles. The van der Waals surface area contributed by atoms with Gasteiger partial charge in [0.1, 0.15) is 11.5 Å². The molecule has 0 saturated carbocycles. The maximum absolute atomic E-state index is 14.1. The molecule has 8 heteroatoms. The van der Waals surface area contributed by atoms with Crippen LogP contribution in [0.3, 0.4) is 0 Å². The Morgan fingerprint density at radius 2 is 1.74 bits per heavy atom. The van der Waals surface area contributed by atoms with Gasteiger partial charge in [0.15, 0.2) is 5.54 Å². The van der Waals surface area contributed by atoms with Gasteiger partial charge in [0.25, 0.3) is 17.6 Å². The Balaban J connectivity index is 1.98. The minimum absolute atomic E-state index is 0.194. The maximum atomic E-state index is 14.1. The van der Waals surface area contributed by atoms with Crippen molar-refractivity contribution >= 4 is 29.0 Å². The van der Waals surface area contributed by atoms with Crippen LogP contribution in [0.4, 0.5) is 5.69 Å². The summed E-state index contributed by atoms with van der Waals surface area (Å²) < 4.78 is 5.19. The number of carbonyl (C=O) groups is 3. The van der Waals surface area contributed by atoms with E-state index in [2.05, 4.69) is 0 Å². The predicted molar refractivity (Wildman–Crippen MR) is 129 cm³/mol. The number of likely N-dealkylation sites (N-methyl/N-ethyl adjacent to an activating group) is 1. The molecule has 34 heavy (non-hydrogen) atoms. The van der Waals surface area contributed by atoms with Crippen molar-refractivity contribution in [2.24, 2.45) is 0 Å². The monoisotopic (exact) mass is 463 g/mol. The molecule has 2 aliphatic rings. The molecular formula is C26H29N3O5. The van der Waals surface area contributed by atoms with Crippen molar-refractivity contribution in [2.45, 2.75) is 18.9 Å². The van der Waals surface area contributed by atoms with Gasteiger partial charge in [-0.3, -0.25) is 14.4 Å². The van der Waals surface area contributed by atoms with E-state index >= 15 is 0 Å². The second kappa shape index (κ2) is 8.95. The van der Waals surface area contributed by atoms with E-state index in [1.165, 1.54) is 12.0 Å². The number of ether oxygens (including phenoxy) is 1. The van der Waals surface area contributed by atoms with Crippen LogP contribution in [0.15, 0.2) is 54.1 Å². The number of ketones is 1. The maximum Gasteiger partial charge on any atom is 0.296 e. The average molecular weight is 464 g/mol. The highest BCUT2D eigenvalue weighted by atomic mass is 16.5. The van der Waals surface area contributed by atoms with E-state index in [1.54, 1.807) is 47.4 Å². The Morgan fingerprint density at radius 1 is 1.06 bits per heavy atom. The number of aliphatic hydroxyl groups excluding tert-OH is 1. The summed E-state index contributed by atoms with van der Waals surface area (Å²) in [5.41, 5.74) is -0.416. The van der Waals surface area contributed by atoms with Gasteiger partial charge in [0, 0.05) is 24.2 Å². The number of methoxy groups -OCH3 is 1. The lowest BCUT2D eigenvalue weighted by molar-refractivity contribution is -0.143. The Morgan fingerprint density at radius 3 is 2.35 bits per heavy atom. The number of amides is 2. The Labute approximate surface area is 199 Å². The molecule has 1 N–H and O–H groups in total. The van der Waals surface area contributed by atoms with Crippen LogP contribution in [0, 0.1) is 0 Å². The van der Waals surface area contributed by atoms with Crippen LogP contribution in [0.5, 0.6) is 5.75 Å². The molecule has 4 rings (SSSR count). The number of hydrogen-bond acceptors (Lipinski definition) is 6. The van der Waals surface area contributed by atoms with Gasteiger partial charge in [-0.2, -0.15) is 0 Å². The molecule has 2 aromatic carbocycles. The lowest BCUT2D eigenvalue weighted by atomic mass is 9.82. The summed E-state index contributed by atoms with van der Waals surface area (Å²) in [6, 6.07) is 13.7. The Bertz CT molecular complexity index is 1170. The number of hydrogen-bond donors (Lipinski definition) is 1. The summed E-state index contributed by atoms with van der Waals surface area (Å²) in [7, 11) is 5.37. The molecular weight excluding hydrogens is 434 g/mol. The number of aliphatic hydroxyl groups is 1. The molecule has 1 saturated heterocycles. The molecule has 1 unspecified atom stereocenters. The normalized spacial score (nSPS) is 21.1. The first kappa shape index (κ1) is 23.5. The van der Waals surface area contributed by atoms with Gasteiger partial charge in [0.2, 0.25) is 0 Å². The summed E-state index contributed by atoms with van der Waals surface area (Å²) in [6.45, 7) is 3.07. The predicted octanol–water partition coefficient (Wildman–Crippen LogP) is 2.59. The van der Waals surface area contributed by atoms with Gasteiger partial charge in [-0.25, -0.2) is 0 Å². The summed E-state index contributed by atoms with van der Waals surface area (Å²) >= 11 is 0. The molecule has 178 valence electrons. The van der Waals surface area contributed by atoms with Crippen LogP contribution in [-0.4, -0.2) is 73.3 Å². The number of likely N-dealkylation sites (tertiary alicyclic amines) is 1. The van der Waals surface area contributed by atoms with E-state index in [9.17, 15) is 19.5 Å². The van der Waals surface area contributed by atoms with Gasteiger partial charge in [-0.05, 0) is 64.3 Å². The second-order valence-corrected chi connectivity index (χ2v) is 8.67. The van der Waals surface area contributed by atoms with E-state index in [4.69, 9.17) is 4.74 Å². The van der Waals surface area contributed by atoms with Crippen LogP contribution in [-0.2, 0) is 19.9 Å². The summed E-state index contributed by atoms with van der Waals surface area (Å²) in [4.78, 5) is 45.8. The standard InChI is InChI=1S/C26H29N3O5/c1-5-28-20-10-7-6-9-19(20)26(25(28)33)21(22(30)17-11-13-18(34-4)14-12-17)23(31)24(32)29(26)16-8-15-27(2)3/h6-7,9-14,30H,5,8,15-16H2,1-4H3/b22-21+. The first-order chi connectivity index (χ1) is 16.3. The zero-order valence-corrected chi connectivity index (χ0v) is 19.9. The molecule has 2 aliphatic heterocycles. The molecule has 1 fully saturated rings. The van der Waals surface area contributed by atoms with Gasteiger partial charge in [0.05, 0.1) is 18.4 Å². The van der Waals surface area contributed by atoms with Gasteiger partial charge in [-0.15, -0.1) is 0 Å². The van der Waals surface area contributed by atoms with E-state index < -0.39 is 23.1 Å². The molecule has 1 atom stereocenters. The van der Waals surface area contributed by atoms with E-state index in [0.29, 0.717) is 42.1 Å². The number of rotatable bonds is 7. The molecule has 8 nitrogen and oxygen atoms in total. The SMILES string of the molecule is CCN1C(=O)C2(/C(=C(/O)c3ccc(OC)cc3)C(=O)C(=O)N2CCCN(C)C)c2ccccc21. The van der Waals surface area contributed by atoms with Crippen molar-refractivity contribution < 1.29 is 24.2 Å². The van der Waals surface area contributed by atoms with E-state index in [-0.39, 0.29) is 17.9 Å². The highest BCUT2D eigenvalue weighted by molar-refractivity contribution is 6.50. The van der Waals surface area contributed by atoms with Crippen molar-refractivity contribution in [3.05, 3.63) is 65.2 Å². The number of benzene rings is 2. The lowest BCUT2D eigenvalue weighted by Gasteiger charge is -2.34. The summed E-state index contributed by atoms with van der Waals surface area (Å²) in [5, 5.41) is 11.4. The Kier molecular flexibility index (Phi) is 6.18. The molecule has 1 spiro atoms. The number of fused-ring (bicyclic) bond motifs is 2. The molecule has 0 aromatic heterocycles. The summed E-state index contributed by atoms with van der Waals surface area (Å²) in [6.07, 6.45) is 0.561. The third-order valence-corrected chi connectivity index (χ3v) is 6.48. The zero-order chi connectivity index (χ0) is 24.6. The fourth-order valence-electron chi connectivity index (χ4n) is 4.92. The third kappa shape index (κ3) is 3.37. The summed E-state index contributed by atoms with van der Waals surface area (Å²) in [5.74, 6) is -1.85. The Hall–Kier alpha value is -3.65. The number of para-hydroxylation sites is 1. The average Bonchev–Trinajstić information content (AvgIpc) is 3.21. The van der Waals surface area contributed by atoms with Crippen LogP contribution >= 0.6 is 0 Å². The molecule has 0 bridgehead atoms. The number of carbonyl (C=O) groups excluding carboxylic acids is 3. The van der Waals surface area contributed by atoms with Crippen LogP contribution in [0.25, 0.3) is 5.76 Å². The van der Waals surface area contributed by atoms with Crippen LogP contribution in [0.1, 0.15) is 24.5 Å². The van der Waals surface area contributed by atoms with Crippen LogP contribution < -0.4 is 9.64 Å². The smallest absolute Gasteiger partial charge is 0.296 e. The first-order valence-corrected chi connectivity index (χ1v) is 11.3. The van der Waals surface area contributed by atoms with Gasteiger partial charge >= 0.3 is 0 Å². The van der Waals surface area contributed by atoms with Crippen LogP contribution in [0.2, 0.25) is 0 Å². The molecule has 2 amide bonds. The zero-order valence-electron chi connectivity index (χ0n) is 19.9.